The van der Waals surface area contributed by atoms with Gasteiger partial charge in [0.15, 0.2) is 11.6 Å². The molecule has 2 atom stereocenters. The van der Waals surface area contributed by atoms with Gasteiger partial charge in [-0.1, -0.05) is 0 Å². The lowest BCUT2D eigenvalue weighted by Gasteiger charge is -2.20. The van der Waals surface area contributed by atoms with Crippen molar-refractivity contribution in [1.82, 2.24) is 4.90 Å². The quantitative estimate of drug-likeness (QED) is 0.867. The number of fused-ring (bicyclic) bond motifs is 1. The molecule has 2 N–H and O–H groups in total. The van der Waals surface area contributed by atoms with Gasteiger partial charge in [-0.2, -0.15) is 0 Å². The Morgan fingerprint density at radius 2 is 1.55 bits per heavy atom. The van der Waals surface area contributed by atoms with Crippen molar-refractivity contribution in [2.75, 3.05) is 13.1 Å². The van der Waals surface area contributed by atoms with E-state index in [1.54, 1.807) is 0 Å². The van der Waals surface area contributed by atoms with Gasteiger partial charge < -0.3 is 15.1 Å². The van der Waals surface area contributed by atoms with Crippen LogP contribution in [0.1, 0.15) is 16.8 Å². The summed E-state index contributed by atoms with van der Waals surface area (Å²) in [5, 5.41) is 18.5. The fourth-order valence-electron chi connectivity index (χ4n) is 3.24. The molecule has 1 saturated carbocycles. The highest BCUT2D eigenvalue weighted by atomic mass is 19.2. The van der Waals surface area contributed by atoms with E-state index in [2.05, 4.69) is 0 Å². The van der Waals surface area contributed by atoms with Crippen molar-refractivity contribution in [2.45, 2.75) is 6.42 Å². The second-order valence-electron chi connectivity index (χ2n) is 5.74. The van der Waals surface area contributed by atoms with Crippen LogP contribution in [0.25, 0.3) is 0 Å². The average molecular weight is 311 g/mol. The van der Waals surface area contributed by atoms with Crippen molar-refractivity contribution in [3.8, 4) is 0 Å². The highest BCUT2D eigenvalue weighted by Crippen LogP contribution is 2.68. The Morgan fingerprint density at radius 1 is 1.00 bits per heavy atom. The molecule has 1 aromatic rings. The van der Waals surface area contributed by atoms with E-state index in [1.165, 1.54) is 0 Å². The topological polar surface area (TPSA) is 94.9 Å². The Balaban J connectivity index is 1.89. The van der Waals surface area contributed by atoms with Crippen molar-refractivity contribution in [3.05, 3.63) is 35.4 Å². The van der Waals surface area contributed by atoms with Gasteiger partial charge in [-0.3, -0.25) is 14.4 Å². The molecule has 22 heavy (non-hydrogen) atoms. The molecule has 0 unspecified atom stereocenters. The zero-order valence-corrected chi connectivity index (χ0v) is 11.2. The third kappa shape index (κ3) is 1.66. The van der Waals surface area contributed by atoms with E-state index in [0.717, 1.165) is 17.0 Å². The minimum atomic E-state index is -1.49. The summed E-state index contributed by atoms with van der Waals surface area (Å²) in [4.78, 5) is 36.1. The normalized spacial score (nSPS) is 29.1. The summed E-state index contributed by atoms with van der Waals surface area (Å²) < 4.78 is 26.1. The van der Waals surface area contributed by atoms with Crippen LogP contribution in [0.5, 0.6) is 0 Å². The maximum absolute atomic E-state index is 13.2. The van der Waals surface area contributed by atoms with Crippen LogP contribution < -0.4 is 0 Å². The number of benzene rings is 1. The third-order valence-electron chi connectivity index (χ3n) is 4.59. The first-order chi connectivity index (χ1) is 10.2. The molecule has 6 nitrogen and oxygen atoms in total. The van der Waals surface area contributed by atoms with Crippen molar-refractivity contribution in [2.24, 2.45) is 10.8 Å². The molecule has 0 spiro atoms. The van der Waals surface area contributed by atoms with E-state index < -0.39 is 40.3 Å². The number of nitrogens with zero attached hydrogens (tertiary/aromatic N) is 1. The van der Waals surface area contributed by atoms with E-state index in [-0.39, 0.29) is 25.1 Å². The number of likely N-dealkylation sites (tertiary alicyclic amines) is 1. The van der Waals surface area contributed by atoms with E-state index in [1.807, 2.05) is 0 Å². The fraction of sp³-hybridized carbons (Fsp3) is 0.357. The second kappa shape index (κ2) is 4.25. The molecule has 116 valence electrons. The monoisotopic (exact) mass is 311 g/mol. The van der Waals surface area contributed by atoms with Crippen LogP contribution in [0.15, 0.2) is 18.2 Å². The lowest BCUT2D eigenvalue weighted by atomic mass is 9.97. The van der Waals surface area contributed by atoms with Crippen LogP contribution in [-0.4, -0.2) is 46.0 Å². The number of carbonyl (C=O) groups excluding carboxylic acids is 1. The molecule has 0 bridgehead atoms. The van der Waals surface area contributed by atoms with Crippen molar-refractivity contribution >= 4 is 17.8 Å². The molecule has 1 saturated heterocycles. The molecule has 1 heterocycles. The summed E-state index contributed by atoms with van der Waals surface area (Å²) >= 11 is 0. The minimum Gasteiger partial charge on any atom is -0.481 e. The number of amides is 1. The molecule has 2 aliphatic rings. The minimum absolute atomic E-state index is 0.0355. The summed E-state index contributed by atoms with van der Waals surface area (Å²) in [6.07, 6.45) is -0.0355. The van der Waals surface area contributed by atoms with Gasteiger partial charge in [-0.25, -0.2) is 8.78 Å². The maximum atomic E-state index is 13.2. The van der Waals surface area contributed by atoms with Gasteiger partial charge in [-0.05, 0) is 24.6 Å². The van der Waals surface area contributed by atoms with Crippen molar-refractivity contribution in [1.29, 1.82) is 0 Å². The summed E-state index contributed by atoms with van der Waals surface area (Å²) in [5.74, 6) is -5.56. The molecule has 0 aromatic heterocycles. The molecule has 2 fully saturated rings. The lowest BCUT2D eigenvalue weighted by molar-refractivity contribution is -0.151. The summed E-state index contributed by atoms with van der Waals surface area (Å²) in [6, 6.07) is 2.58. The number of carboxylic acid groups (broad SMARTS) is 2. The molecule has 8 heteroatoms. The zero-order valence-electron chi connectivity index (χ0n) is 11.2. The number of halogens is 2. The molecule has 1 aromatic carbocycles. The molecule has 0 radical (unpaired) electrons. The lowest BCUT2D eigenvalue weighted by Crippen LogP contribution is -2.34. The Kier molecular flexibility index (Phi) is 2.79. The smallest absolute Gasteiger partial charge is 0.312 e. The van der Waals surface area contributed by atoms with E-state index in [9.17, 15) is 33.4 Å². The van der Waals surface area contributed by atoms with Crippen molar-refractivity contribution in [3.63, 3.8) is 0 Å². The van der Waals surface area contributed by atoms with Crippen LogP contribution in [0, 0.1) is 22.5 Å². The molecule has 1 aliphatic heterocycles. The first kappa shape index (κ1) is 14.4. The number of hydrogen-bond donors (Lipinski definition) is 2. The van der Waals surface area contributed by atoms with Gasteiger partial charge in [0.2, 0.25) is 0 Å². The van der Waals surface area contributed by atoms with Crippen LogP contribution in [0.2, 0.25) is 0 Å². The molecule has 3 rings (SSSR count). The number of carboxylic acids is 2. The Morgan fingerprint density at radius 3 is 2.00 bits per heavy atom. The van der Waals surface area contributed by atoms with Crippen LogP contribution in [-0.2, 0) is 9.59 Å². The standard InChI is InChI=1S/C14H11F2NO5/c15-8-2-1-7(3-9(8)16)10(18)17-5-13(11(19)20)4-14(13,6-17)12(21)22/h1-3H,4-6H2,(H,19,20)(H,21,22)/t13-,14+. The molecule has 1 aliphatic carbocycles. The van der Waals surface area contributed by atoms with Crippen LogP contribution in [0.4, 0.5) is 8.78 Å². The van der Waals surface area contributed by atoms with Gasteiger partial charge >= 0.3 is 11.9 Å². The van der Waals surface area contributed by atoms with E-state index in [0.29, 0.717) is 6.07 Å². The SMILES string of the molecule is O=C(c1ccc(F)c(F)c1)N1C[C@@]2(C(=O)O)C[C@@]2(C(=O)O)C1. The number of piperidine rings is 1. The summed E-state index contributed by atoms with van der Waals surface area (Å²) in [6.45, 7) is -0.515. The molecular formula is C14H11F2NO5. The largest absolute Gasteiger partial charge is 0.481 e. The predicted octanol–water partition coefficient (Wildman–Crippen LogP) is 0.966. The zero-order chi connectivity index (χ0) is 16.3. The van der Waals surface area contributed by atoms with Crippen molar-refractivity contribution < 1.29 is 33.4 Å². The van der Waals surface area contributed by atoms with Gasteiger partial charge in [0, 0.05) is 18.7 Å². The Labute approximate surface area is 123 Å². The van der Waals surface area contributed by atoms with Crippen LogP contribution >= 0.6 is 0 Å². The Hall–Kier alpha value is -2.51. The average Bonchev–Trinajstić information content (AvgIpc) is 3.00. The first-order valence-corrected chi connectivity index (χ1v) is 6.45. The van der Waals surface area contributed by atoms with Gasteiger partial charge in [-0.15, -0.1) is 0 Å². The maximum Gasteiger partial charge on any atom is 0.312 e. The second-order valence-corrected chi connectivity index (χ2v) is 5.74. The van der Waals surface area contributed by atoms with E-state index in [4.69, 9.17) is 0 Å². The molecule has 1 amide bonds. The van der Waals surface area contributed by atoms with Gasteiger partial charge in [0.25, 0.3) is 5.91 Å². The number of aliphatic carboxylic acids is 2. The molecular weight excluding hydrogens is 300 g/mol. The Bertz CT molecular complexity index is 693. The predicted molar refractivity (Wildman–Crippen MR) is 67.0 cm³/mol. The van der Waals surface area contributed by atoms with Gasteiger partial charge in [0.05, 0.1) is 0 Å². The van der Waals surface area contributed by atoms with Crippen LogP contribution in [0.3, 0.4) is 0 Å². The highest BCUT2D eigenvalue weighted by molar-refractivity contribution is 5.99. The fourth-order valence-corrected chi connectivity index (χ4v) is 3.24. The number of hydrogen-bond acceptors (Lipinski definition) is 3. The highest BCUT2D eigenvalue weighted by Gasteiger charge is 2.81. The summed E-state index contributed by atoms with van der Waals surface area (Å²) in [5.41, 5.74) is -3.14. The van der Waals surface area contributed by atoms with Gasteiger partial charge in [0.1, 0.15) is 10.8 Å². The summed E-state index contributed by atoms with van der Waals surface area (Å²) in [7, 11) is 0. The number of carbonyl (C=O) groups is 3. The third-order valence-corrected chi connectivity index (χ3v) is 4.59. The number of rotatable bonds is 3. The first-order valence-electron chi connectivity index (χ1n) is 6.45. The van der Waals surface area contributed by atoms with E-state index >= 15 is 0 Å².